The number of rotatable bonds is 32. The number of esters is 1. The van der Waals surface area contributed by atoms with Gasteiger partial charge < -0.3 is 29.5 Å². The highest BCUT2D eigenvalue weighted by molar-refractivity contribution is 5.69. The fraction of sp³-hybridized carbons (Fsp3) is 0.917. The average molecular weight is 940 g/mol. The van der Waals surface area contributed by atoms with Crippen LogP contribution in [0.2, 0.25) is 0 Å². The first-order valence-electron chi connectivity index (χ1n) is 29.1. The van der Waals surface area contributed by atoms with Crippen LogP contribution in [0.15, 0.2) is 23.8 Å². The van der Waals surface area contributed by atoms with Gasteiger partial charge in [0.1, 0.15) is 31.0 Å². The van der Waals surface area contributed by atoms with Gasteiger partial charge in [0.25, 0.3) is 0 Å². The van der Waals surface area contributed by atoms with Crippen LogP contribution in [-0.4, -0.2) is 64.7 Å². The van der Waals surface area contributed by atoms with Crippen LogP contribution in [0.25, 0.3) is 0 Å². The SMILES string of the molecule is CCCCCCCCCC/C=C\CCCCCCCCCCCCCC(=O)OCC1OC(OC2CCC3(C)C(=CCC4C3CCC3(C)C(C(C)CCC(C)C(C)C)CCC43)C2)C(O)C(O)C1O. The molecule has 67 heavy (non-hydrogen) atoms. The van der Waals surface area contributed by atoms with E-state index in [4.69, 9.17) is 14.2 Å². The predicted octanol–water partition coefficient (Wildman–Crippen LogP) is 15.2. The van der Waals surface area contributed by atoms with E-state index in [1.807, 2.05) is 0 Å². The van der Waals surface area contributed by atoms with E-state index < -0.39 is 30.7 Å². The van der Waals surface area contributed by atoms with Crippen molar-refractivity contribution in [3.05, 3.63) is 23.8 Å². The lowest BCUT2D eigenvalue weighted by molar-refractivity contribution is -0.313. The van der Waals surface area contributed by atoms with Gasteiger partial charge in [-0.05, 0) is 136 Å². The quantitative estimate of drug-likeness (QED) is 0.0350. The van der Waals surface area contributed by atoms with Crippen molar-refractivity contribution in [2.45, 2.75) is 291 Å². The summed E-state index contributed by atoms with van der Waals surface area (Å²) < 4.78 is 18.1. The smallest absolute Gasteiger partial charge is 0.305 e. The van der Waals surface area contributed by atoms with E-state index in [2.05, 4.69) is 66.7 Å². The standard InChI is InChI=1S/C60H106O7/c1-8-9-10-11-12-13-14-15-16-17-18-19-20-21-22-23-24-25-26-27-28-29-30-31-54(61)65-43-53-55(62)56(63)57(64)58(67-53)66-48-38-40-59(6)47(42-48)34-35-49-51-37-36-50(60(51,7)41-39-52(49)59)46(5)33-32-45(4)44(2)3/h17-18,34,44-46,48-53,55-58,62-64H,8-16,19-33,35-43H2,1-7H3/b18-17-. The lowest BCUT2D eigenvalue weighted by Crippen LogP contribution is -2.60. The minimum Gasteiger partial charge on any atom is -0.463 e. The number of hydrogen-bond donors (Lipinski definition) is 3. The van der Waals surface area contributed by atoms with Crippen LogP contribution in [0.5, 0.6) is 0 Å². The molecule has 3 saturated carbocycles. The summed E-state index contributed by atoms with van der Waals surface area (Å²) in [5.74, 6) is 5.16. The number of fused-ring (bicyclic) bond motifs is 5. The molecule has 0 radical (unpaired) electrons. The molecule has 0 spiro atoms. The second-order valence-electron chi connectivity index (χ2n) is 24.1. The predicted molar refractivity (Wildman–Crippen MR) is 276 cm³/mol. The van der Waals surface area contributed by atoms with E-state index in [-0.39, 0.29) is 24.1 Å². The molecule has 0 aromatic heterocycles. The molecule has 4 aliphatic carbocycles. The van der Waals surface area contributed by atoms with Crippen molar-refractivity contribution in [1.29, 1.82) is 0 Å². The second-order valence-corrected chi connectivity index (χ2v) is 24.1. The number of aliphatic hydroxyl groups excluding tert-OH is 3. The molecule has 7 nitrogen and oxygen atoms in total. The zero-order valence-electron chi connectivity index (χ0n) is 44.5. The molecule has 0 bridgehead atoms. The number of unbranched alkanes of at least 4 members (excludes halogenated alkanes) is 19. The maximum absolute atomic E-state index is 12.7. The summed E-state index contributed by atoms with van der Waals surface area (Å²) in [5, 5.41) is 32.6. The molecule has 1 heterocycles. The summed E-state index contributed by atoms with van der Waals surface area (Å²) in [6, 6.07) is 0. The molecular formula is C60H106O7. The van der Waals surface area contributed by atoms with E-state index in [0.29, 0.717) is 17.8 Å². The van der Waals surface area contributed by atoms with Crippen LogP contribution in [0, 0.1) is 52.3 Å². The Labute approximate surface area is 412 Å². The van der Waals surface area contributed by atoms with Crippen LogP contribution in [-0.2, 0) is 19.0 Å². The first-order valence-corrected chi connectivity index (χ1v) is 29.1. The van der Waals surface area contributed by atoms with Crippen molar-refractivity contribution in [3.63, 3.8) is 0 Å². The van der Waals surface area contributed by atoms with Crippen LogP contribution in [0.1, 0.15) is 254 Å². The van der Waals surface area contributed by atoms with Gasteiger partial charge in [-0.15, -0.1) is 0 Å². The van der Waals surface area contributed by atoms with Gasteiger partial charge >= 0.3 is 5.97 Å². The van der Waals surface area contributed by atoms with Gasteiger partial charge in [0.15, 0.2) is 6.29 Å². The lowest BCUT2D eigenvalue weighted by Gasteiger charge is -2.58. The Hall–Kier alpha value is -1.25. The van der Waals surface area contributed by atoms with Gasteiger partial charge in [-0.3, -0.25) is 4.79 Å². The number of ether oxygens (including phenoxy) is 3. The van der Waals surface area contributed by atoms with E-state index in [9.17, 15) is 20.1 Å². The van der Waals surface area contributed by atoms with E-state index >= 15 is 0 Å². The normalized spacial score (nSPS) is 33.9. The third-order valence-electron chi connectivity index (χ3n) is 19.1. The Kier molecular flexibility index (Phi) is 24.8. The Morgan fingerprint density at radius 2 is 1.31 bits per heavy atom. The molecule has 7 heteroatoms. The van der Waals surface area contributed by atoms with E-state index in [0.717, 1.165) is 80.5 Å². The number of carbonyl (C=O) groups is 1. The fourth-order valence-electron chi connectivity index (χ4n) is 14.1. The summed E-state index contributed by atoms with van der Waals surface area (Å²) >= 11 is 0. The van der Waals surface area contributed by atoms with Gasteiger partial charge in [-0.25, -0.2) is 0 Å². The van der Waals surface area contributed by atoms with Gasteiger partial charge in [0.05, 0.1) is 6.10 Å². The largest absolute Gasteiger partial charge is 0.463 e. The molecule has 388 valence electrons. The molecule has 3 N–H and O–H groups in total. The molecular weight excluding hydrogens is 833 g/mol. The van der Waals surface area contributed by atoms with Crippen molar-refractivity contribution in [1.82, 2.24) is 0 Å². The maximum Gasteiger partial charge on any atom is 0.305 e. The molecule has 1 aliphatic heterocycles. The number of aliphatic hydroxyl groups is 3. The zero-order valence-corrected chi connectivity index (χ0v) is 44.5. The summed E-state index contributed by atoms with van der Waals surface area (Å²) in [6.45, 7) is 17.0. The summed E-state index contributed by atoms with van der Waals surface area (Å²) in [5.41, 5.74) is 2.12. The van der Waals surface area contributed by atoms with Crippen LogP contribution in [0.3, 0.4) is 0 Å². The highest BCUT2D eigenvalue weighted by Crippen LogP contribution is 2.67. The minimum absolute atomic E-state index is 0.142. The third kappa shape index (κ3) is 16.6. The molecule has 0 aromatic rings. The highest BCUT2D eigenvalue weighted by Gasteiger charge is 2.59. The van der Waals surface area contributed by atoms with Crippen molar-refractivity contribution in [2.24, 2.45) is 52.3 Å². The van der Waals surface area contributed by atoms with Gasteiger partial charge in [0, 0.05) is 6.42 Å². The summed E-state index contributed by atoms with van der Waals surface area (Å²) in [7, 11) is 0. The van der Waals surface area contributed by atoms with Crippen molar-refractivity contribution in [2.75, 3.05) is 6.61 Å². The fourth-order valence-corrected chi connectivity index (χ4v) is 14.1. The first kappa shape index (κ1) is 56.7. The molecule has 1 saturated heterocycles. The molecule has 14 atom stereocenters. The Morgan fingerprint density at radius 1 is 0.716 bits per heavy atom. The Bertz CT molecular complexity index is 1440. The topological polar surface area (TPSA) is 105 Å². The maximum atomic E-state index is 12.7. The molecule has 5 rings (SSSR count). The third-order valence-corrected chi connectivity index (χ3v) is 19.1. The van der Waals surface area contributed by atoms with Crippen LogP contribution < -0.4 is 0 Å². The molecule has 14 unspecified atom stereocenters. The number of carbonyl (C=O) groups excluding carboxylic acids is 1. The van der Waals surface area contributed by atoms with E-state index in [1.54, 1.807) is 0 Å². The van der Waals surface area contributed by atoms with Crippen molar-refractivity contribution < 1.29 is 34.3 Å². The van der Waals surface area contributed by atoms with Gasteiger partial charge in [-0.2, -0.15) is 0 Å². The van der Waals surface area contributed by atoms with Crippen LogP contribution >= 0.6 is 0 Å². The molecule has 0 amide bonds. The highest BCUT2D eigenvalue weighted by atomic mass is 16.7. The molecule has 5 aliphatic rings. The van der Waals surface area contributed by atoms with E-state index in [1.165, 1.54) is 160 Å². The Morgan fingerprint density at radius 3 is 1.93 bits per heavy atom. The van der Waals surface area contributed by atoms with Crippen LogP contribution in [0.4, 0.5) is 0 Å². The summed E-state index contributed by atoms with van der Waals surface area (Å²) in [4.78, 5) is 12.7. The average Bonchev–Trinajstić information content (AvgIpc) is 3.68. The minimum atomic E-state index is -1.44. The molecule has 4 fully saturated rings. The number of hydrogen-bond acceptors (Lipinski definition) is 7. The molecule has 0 aromatic carbocycles. The lowest BCUT2D eigenvalue weighted by atomic mass is 9.47. The van der Waals surface area contributed by atoms with Crippen molar-refractivity contribution >= 4 is 5.97 Å². The van der Waals surface area contributed by atoms with Crippen molar-refractivity contribution in [3.8, 4) is 0 Å². The zero-order chi connectivity index (χ0) is 48.2. The first-order chi connectivity index (χ1) is 32.3. The monoisotopic (exact) mass is 939 g/mol. The number of allylic oxidation sites excluding steroid dienone is 3. The van der Waals surface area contributed by atoms with Gasteiger partial charge in [0.2, 0.25) is 0 Å². The Balaban J connectivity index is 0.914. The van der Waals surface area contributed by atoms with Gasteiger partial charge in [-0.1, -0.05) is 188 Å². The second kappa shape index (κ2) is 29.3. The summed E-state index contributed by atoms with van der Waals surface area (Å²) in [6.07, 6.45) is 40.4.